The minimum Gasteiger partial charge on any atom is -0.481 e. The molecule has 6 amide bonds. The lowest BCUT2D eigenvalue weighted by Crippen LogP contribution is -2.50. The molecule has 22 heteroatoms. The maximum atomic E-state index is 14.8. The number of rotatable bonds is 38. The average Bonchev–Trinajstić information content (AvgIpc) is 4.19. The Morgan fingerprint density at radius 2 is 1.52 bits per heavy atom. The predicted molar refractivity (Wildman–Crippen MR) is 316 cm³/mol. The highest BCUT2D eigenvalue weighted by atomic mass is 32.1. The van der Waals surface area contributed by atoms with Gasteiger partial charge in [0.25, 0.3) is 17.7 Å². The summed E-state index contributed by atoms with van der Waals surface area (Å²) >= 11 is 1.10. The number of ether oxygens (including phenoxy) is 2. The number of likely N-dealkylation sites (N-methyl/N-ethyl adjacent to an activating group) is 1. The Morgan fingerprint density at radius 1 is 0.857 bits per heavy atom. The number of hydrogen-bond donors (Lipinski definition) is 4. The number of carbonyl (C=O) groups excluding carboxylic acids is 10. The van der Waals surface area contributed by atoms with E-state index in [-0.39, 0.29) is 130 Å². The molecular formula is C62H91N7O14S. The first-order valence-corrected chi connectivity index (χ1v) is 30.6. The van der Waals surface area contributed by atoms with E-state index in [1.165, 1.54) is 38.5 Å². The van der Waals surface area contributed by atoms with Crippen LogP contribution in [0, 0.1) is 35.5 Å². The molecule has 2 aromatic rings. The van der Waals surface area contributed by atoms with Crippen LogP contribution in [-0.4, -0.2) is 148 Å². The first-order chi connectivity index (χ1) is 39.7. The number of carbonyl (C=O) groups is 11. The number of aliphatic carboxylic acids is 1. The van der Waals surface area contributed by atoms with Crippen LogP contribution in [0.15, 0.2) is 41.8 Å². The Labute approximate surface area is 499 Å². The number of nitrogens with zero attached hydrogens (tertiary/aromatic N) is 4. The highest BCUT2D eigenvalue weighted by Crippen LogP contribution is 2.34. The summed E-state index contributed by atoms with van der Waals surface area (Å²) < 4.78 is 11.5. The number of primary amides is 1. The number of ketones is 3. The molecule has 1 aromatic heterocycles. The van der Waals surface area contributed by atoms with Gasteiger partial charge in [0.15, 0.2) is 17.7 Å². The second-order valence-corrected chi connectivity index (χ2v) is 24.4. The lowest BCUT2D eigenvalue weighted by Gasteiger charge is -2.39. The Morgan fingerprint density at radius 3 is 2.11 bits per heavy atom. The number of aromatic nitrogens is 1. The average molecular weight is 1190 g/mol. The number of amides is 6. The number of nitrogens with one attached hydrogen (secondary N) is 2. The van der Waals surface area contributed by atoms with Gasteiger partial charge in [-0.3, -0.25) is 62.5 Å². The number of carboxylic acids is 1. The number of imide groups is 1. The van der Waals surface area contributed by atoms with Gasteiger partial charge >= 0.3 is 11.9 Å². The SMILES string of the molecule is CC[C@H](C)[C@H](CC(=O)[C@H]1CCCCN1C)C(=O)N(COC)[C@H](C[C@@H](OC(C)=O)c1nc(C(=O)N[C@@H](Cc2ccc(CC(=O)[C@H](CCCCC(N)=O)NC(=O)[C@@H](CC(=O)CCCN3C(=O)C=CC3=O)C(C)C)cc2)CC(C)C(=O)O)cs1)C(C)C. The zero-order valence-corrected chi connectivity index (χ0v) is 51.7. The normalized spacial score (nSPS) is 17.4. The van der Waals surface area contributed by atoms with Crippen molar-refractivity contribution < 1.29 is 67.3 Å². The number of benzene rings is 1. The van der Waals surface area contributed by atoms with Crippen molar-refractivity contribution in [1.29, 1.82) is 0 Å². The van der Waals surface area contributed by atoms with E-state index >= 15 is 0 Å². The molecule has 5 N–H and O–H groups in total. The lowest BCUT2D eigenvalue weighted by atomic mass is 9.82. The standard InChI is InChI=1S/C62H91N7O14S/c1-11-39(6)47(33-53(73)50-19-14-15-27-67(50)9)61(79)69(36-82-10)51(38(4)5)34-54(83-41(8)70)60-66-49(35-84-60)59(78)64-44(29-40(7)62(80)81)30-42-21-23-43(24-22-42)31-52(72)48(18-12-13-20-55(63)74)65-58(77)46(37(2)3)32-45(71)17-16-28-68-56(75)25-26-57(68)76/h21-26,35,37-40,44,46-48,50-51,54H,11-20,27-34,36H2,1-10H3,(H2,63,74)(H,64,78)(H,65,77)(H,80,81)/t39-,40?,44+,46-,47-,48-,50+,51+,54+/m0/s1. The molecule has 0 saturated carbocycles. The van der Waals surface area contributed by atoms with E-state index in [1.807, 2.05) is 34.7 Å². The van der Waals surface area contributed by atoms with Crippen LogP contribution in [0.1, 0.15) is 178 Å². The molecule has 2 aliphatic heterocycles. The first-order valence-electron chi connectivity index (χ1n) is 29.7. The smallest absolute Gasteiger partial charge is 0.306 e. The number of piperidine rings is 1. The third-order valence-corrected chi connectivity index (χ3v) is 17.1. The predicted octanol–water partition coefficient (Wildman–Crippen LogP) is 6.73. The minimum atomic E-state index is -1.06. The van der Waals surface area contributed by atoms with E-state index in [1.54, 1.807) is 43.0 Å². The molecule has 1 saturated heterocycles. The number of carboxylic acid groups (broad SMARTS) is 1. The number of hydrogen-bond acceptors (Lipinski definition) is 16. The van der Waals surface area contributed by atoms with Gasteiger partial charge in [0.2, 0.25) is 17.7 Å². The summed E-state index contributed by atoms with van der Waals surface area (Å²) in [7, 11) is 3.44. The van der Waals surface area contributed by atoms with E-state index in [2.05, 4.69) is 20.5 Å². The molecule has 4 rings (SSSR count). The summed E-state index contributed by atoms with van der Waals surface area (Å²) in [6.45, 7) is 15.1. The molecule has 0 radical (unpaired) electrons. The van der Waals surface area contributed by atoms with Gasteiger partial charge in [-0.25, -0.2) is 4.98 Å². The number of thiazole rings is 1. The fourth-order valence-electron chi connectivity index (χ4n) is 10.9. The van der Waals surface area contributed by atoms with Gasteiger partial charge in [-0.2, -0.15) is 0 Å². The fraction of sp³-hybridized carbons (Fsp3) is 0.645. The molecule has 1 aromatic carbocycles. The van der Waals surface area contributed by atoms with Crippen molar-refractivity contribution >= 4 is 76.1 Å². The van der Waals surface area contributed by atoms with Gasteiger partial charge < -0.3 is 35.8 Å². The number of Topliss-reactive ketones (excluding diaryl/α,β-unsaturated/α-hetero) is 3. The summed E-state index contributed by atoms with van der Waals surface area (Å²) in [4.78, 5) is 153. The Balaban J connectivity index is 1.49. The number of methoxy groups -OCH3 is 1. The Hall–Kier alpha value is -6.52. The zero-order valence-electron chi connectivity index (χ0n) is 50.9. The van der Waals surface area contributed by atoms with Gasteiger partial charge in [-0.15, -0.1) is 11.3 Å². The van der Waals surface area contributed by atoms with Gasteiger partial charge in [0.1, 0.15) is 23.2 Å². The van der Waals surface area contributed by atoms with Crippen molar-refractivity contribution in [2.45, 2.75) is 188 Å². The number of nitrogens with two attached hydrogens (primary N) is 1. The lowest BCUT2D eigenvalue weighted by molar-refractivity contribution is -0.154. The highest BCUT2D eigenvalue weighted by Gasteiger charge is 2.40. The topological polar surface area (TPSA) is 299 Å². The molecule has 3 heterocycles. The van der Waals surface area contributed by atoms with Crippen LogP contribution in [0.3, 0.4) is 0 Å². The van der Waals surface area contributed by atoms with Crippen LogP contribution in [0.5, 0.6) is 0 Å². The summed E-state index contributed by atoms with van der Waals surface area (Å²) in [6, 6.07) is 4.56. The second-order valence-electron chi connectivity index (χ2n) is 23.5. The monoisotopic (exact) mass is 1190 g/mol. The fourth-order valence-corrected chi connectivity index (χ4v) is 11.8. The van der Waals surface area contributed by atoms with Crippen LogP contribution >= 0.6 is 11.3 Å². The summed E-state index contributed by atoms with van der Waals surface area (Å²) in [5.41, 5.74) is 6.70. The molecule has 2 aliphatic rings. The Bertz CT molecular complexity index is 2620. The number of esters is 1. The van der Waals surface area contributed by atoms with Crippen LogP contribution in [-0.2, 0) is 70.3 Å². The third kappa shape index (κ3) is 21.8. The molecule has 464 valence electrons. The van der Waals surface area contributed by atoms with Crippen molar-refractivity contribution in [2.24, 2.45) is 41.2 Å². The largest absolute Gasteiger partial charge is 0.481 e. The maximum absolute atomic E-state index is 14.8. The number of unbranched alkanes of at least 4 members (excludes halogenated alkanes) is 1. The summed E-state index contributed by atoms with van der Waals surface area (Å²) in [6.07, 6.45) is 6.39. The van der Waals surface area contributed by atoms with Crippen LogP contribution in [0.25, 0.3) is 0 Å². The molecule has 84 heavy (non-hydrogen) atoms. The highest BCUT2D eigenvalue weighted by molar-refractivity contribution is 7.09. The molecule has 21 nitrogen and oxygen atoms in total. The molecule has 0 bridgehead atoms. The van der Waals surface area contributed by atoms with Gasteiger partial charge in [0.05, 0.1) is 18.0 Å². The quantitative estimate of drug-likeness (QED) is 0.0234. The van der Waals surface area contributed by atoms with E-state index in [4.69, 9.17) is 15.2 Å². The maximum Gasteiger partial charge on any atom is 0.306 e. The van der Waals surface area contributed by atoms with Crippen molar-refractivity contribution in [3.05, 3.63) is 63.6 Å². The van der Waals surface area contributed by atoms with E-state index in [0.29, 0.717) is 29.8 Å². The Kier molecular flexibility index (Phi) is 28.7. The molecule has 1 unspecified atom stereocenters. The van der Waals surface area contributed by atoms with Crippen molar-refractivity contribution in [2.75, 3.05) is 34.0 Å². The van der Waals surface area contributed by atoms with Crippen LogP contribution < -0.4 is 16.4 Å². The zero-order chi connectivity index (χ0) is 62.4. The molecule has 0 spiro atoms. The van der Waals surface area contributed by atoms with Crippen molar-refractivity contribution in [1.82, 2.24) is 30.3 Å². The van der Waals surface area contributed by atoms with Crippen molar-refractivity contribution in [3.63, 3.8) is 0 Å². The summed E-state index contributed by atoms with van der Waals surface area (Å²) in [5, 5.41) is 17.6. The molecular weight excluding hydrogens is 1100 g/mol. The van der Waals surface area contributed by atoms with E-state index < -0.39 is 83.5 Å². The third-order valence-electron chi connectivity index (χ3n) is 16.2. The van der Waals surface area contributed by atoms with Crippen LogP contribution in [0.2, 0.25) is 0 Å². The van der Waals surface area contributed by atoms with E-state index in [9.17, 15) is 57.8 Å². The van der Waals surface area contributed by atoms with Gasteiger partial charge in [-0.1, -0.05) is 92.0 Å². The van der Waals surface area contributed by atoms with Gasteiger partial charge in [-0.05, 0) is 87.4 Å². The van der Waals surface area contributed by atoms with E-state index in [0.717, 1.165) is 47.6 Å². The molecule has 9 atom stereocenters. The minimum absolute atomic E-state index is 0.00822. The summed E-state index contributed by atoms with van der Waals surface area (Å²) in [5.74, 6) is -7.66. The second kappa shape index (κ2) is 34.4. The first kappa shape index (κ1) is 70.0. The molecule has 0 aliphatic carbocycles. The number of likely N-dealkylation sites (tertiary alicyclic amines) is 1. The van der Waals surface area contributed by atoms with Crippen LogP contribution in [0.4, 0.5) is 0 Å². The van der Waals surface area contributed by atoms with Gasteiger partial charge in [0, 0.05) is 101 Å². The van der Waals surface area contributed by atoms with Crippen molar-refractivity contribution in [3.8, 4) is 0 Å². The molecule has 1 fully saturated rings.